The van der Waals surface area contributed by atoms with Gasteiger partial charge in [0.2, 0.25) is 5.91 Å². The van der Waals surface area contributed by atoms with Gasteiger partial charge in [-0.15, -0.1) is 0 Å². The Balaban J connectivity index is 1.74. The molecule has 29 heavy (non-hydrogen) atoms. The van der Waals surface area contributed by atoms with Crippen molar-refractivity contribution in [3.8, 4) is 17.0 Å². The monoisotopic (exact) mass is 397 g/mol. The number of benzene rings is 1. The van der Waals surface area contributed by atoms with Crippen LogP contribution in [0.25, 0.3) is 11.3 Å². The number of pyridine rings is 1. The molecule has 0 spiro atoms. The lowest BCUT2D eigenvalue weighted by molar-refractivity contribution is -0.155. The Kier molecular flexibility index (Phi) is 7.19. The minimum Gasteiger partial charge on any atom is -0.462 e. The first-order chi connectivity index (χ1) is 14.1. The molecule has 1 fully saturated rings. The Morgan fingerprint density at radius 3 is 2.69 bits per heavy atom. The van der Waals surface area contributed by atoms with Gasteiger partial charge in [-0.3, -0.25) is 9.78 Å². The Hall–Kier alpha value is -2.93. The van der Waals surface area contributed by atoms with E-state index in [4.69, 9.17) is 9.47 Å². The third-order valence-electron chi connectivity index (χ3n) is 4.88. The number of ether oxygens (including phenoxy) is 2. The van der Waals surface area contributed by atoms with Crippen molar-refractivity contribution in [3.63, 3.8) is 0 Å². The number of carbonyl (C=O) groups is 2. The van der Waals surface area contributed by atoms with Crippen LogP contribution in [0.15, 0.2) is 42.6 Å². The van der Waals surface area contributed by atoms with Crippen LogP contribution in [0.1, 0.15) is 25.3 Å². The van der Waals surface area contributed by atoms with Crippen LogP contribution in [0.3, 0.4) is 0 Å². The average molecular weight is 397 g/mol. The maximum Gasteiger partial charge on any atom is 0.369 e. The van der Waals surface area contributed by atoms with E-state index < -0.39 is 12.2 Å². The average Bonchev–Trinajstić information content (AvgIpc) is 2.75. The number of esters is 1. The molecule has 0 radical (unpaired) electrons. The standard InChI is InChI=1S/C22H27N3O4/c1-3-28-22(27)21(25-20(26)16-9-12-23-13-10-16)29-17-7-8-18(15(2)14-17)19-6-4-5-11-24-19/h4-8,11,14,16,21,23H,3,9-10,12-13H2,1-2H3,(H,25,26). The number of rotatable bonds is 7. The van der Waals surface area contributed by atoms with Crippen LogP contribution in [0.5, 0.6) is 5.75 Å². The summed E-state index contributed by atoms with van der Waals surface area (Å²) in [6.07, 6.45) is 2.03. The molecule has 2 aromatic rings. The fraction of sp³-hybridized carbons (Fsp3) is 0.409. The highest BCUT2D eigenvalue weighted by atomic mass is 16.6. The first-order valence-corrected chi connectivity index (χ1v) is 9.95. The van der Waals surface area contributed by atoms with E-state index in [0.29, 0.717) is 5.75 Å². The predicted octanol–water partition coefficient (Wildman–Crippen LogP) is 2.44. The van der Waals surface area contributed by atoms with E-state index in [2.05, 4.69) is 15.6 Å². The zero-order valence-electron chi connectivity index (χ0n) is 16.8. The van der Waals surface area contributed by atoms with Crippen molar-refractivity contribution in [2.75, 3.05) is 19.7 Å². The Labute approximate surface area is 170 Å². The van der Waals surface area contributed by atoms with E-state index in [1.165, 1.54) is 0 Å². The summed E-state index contributed by atoms with van der Waals surface area (Å²) in [5.41, 5.74) is 2.79. The predicted molar refractivity (Wildman–Crippen MR) is 109 cm³/mol. The van der Waals surface area contributed by atoms with Gasteiger partial charge in [0.15, 0.2) is 0 Å². The molecule has 0 bridgehead atoms. The summed E-state index contributed by atoms with van der Waals surface area (Å²) in [4.78, 5) is 29.3. The van der Waals surface area contributed by atoms with Gasteiger partial charge in [-0.05, 0) is 75.7 Å². The molecular weight excluding hydrogens is 370 g/mol. The molecule has 1 aliphatic heterocycles. The molecule has 1 amide bonds. The van der Waals surface area contributed by atoms with Gasteiger partial charge in [-0.25, -0.2) is 4.79 Å². The lowest BCUT2D eigenvalue weighted by Gasteiger charge is -2.25. The lowest BCUT2D eigenvalue weighted by Crippen LogP contribution is -2.49. The number of hydrogen-bond acceptors (Lipinski definition) is 6. The Morgan fingerprint density at radius 2 is 2.03 bits per heavy atom. The number of nitrogens with one attached hydrogen (secondary N) is 2. The topological polar surface area (TPSA) is 89.5 Å². The minimum atomic E-state index is -1.18. The van der Waals surface area contributed by atoms with Crippen molar-refractivity contribution in [1.29, 1.82) is 0 Å². The van der Waals surface area contributed by atoms with Gasteiger partial charge in [-0.2, -0.15) is 0 Å². The summed E-state index contributed by atoms with van der Waals surface area (Å²) >= 11 is 0. The molecule has 7 nitrogen and oxygen atoms in total. The van der Waals surface area contributed by atoms with Gasteiger partial charge >= 0.3 is 5.97 Å². The normalized spacial score (nSPS) is 15.4. The third kappa shape index (κ3) is 5.54. The molecule has 2 N–H and O–H groups in total. The van der Waals surface area contributed by atoms with Gasteiger partial charge in [-0.1, -0.05) is 6.07 Å². The van der Waals surface area contributed by atoms with E-state index >= 15 is 0 Å². The number of piperidine rings is 1. The van der Waals surface area contributed by atoms with Crippen molar-refractivity contribution < 1.29 is 19.1 Å². The molecule has 0 aliphatic carbocycles. The molecule has 1 aliphatic rings. The van der Waals surface area contributed by atoms with Crippen LogP contribution < -0.4 is 15.4 Å². The molecule has 2 heterocycles. The fourth-order valence-corrected chi connectivity index (χ4v) is 3.34. The largest absolute Gasteiger partial charge is 0.462 e. The molecule has 1 saturated heterocycles. The van der Waals surface area contributed by atoms with Crippen molar-refractivity contribution in [2.24, 2.45) is 5.92 Å². The number of carbonyl (C=O) groups excluding carboxylic acids is 2. The summed E-state index contributed by atoms with van der Waals surface area (Å²) in [6.45, 7) is 5.45. The number of aromatic nitrogens is 1. The summed E-state index contributed by atoms with van der Waals surface area (Å²) in [5, 5.41) is 5.93. The smallest absolute Gasteiger partial charge is 0.369 e. The van der Waals surface area contributed by atoms with Crippen LogP contribution in [0.4, 0.5) is 0 Å². The van der Waals surface area contributed by atoms with E-state index in [1.807, 2.05) is 37.3 Å². The second-order valence-electron chi connectivity index (χ2n) is 6.97. The summed E-state index contributed by atoms with van der Waals surface area (Å²) in [6, 6.07) is 11.2. The number of nitrogens with zero attached hydrogens (tertiary/aromatic N) is 1. The van der Waals surface area contributed by atoms with E-state index in [1.54, 1.807) is 19.2 Å². The zero-order chi connectivity index (χ0) is 20.6. The zero-order valence-corrected chi connectivity index (χ0v) is 16.8. The quantitative estimate of drug-likeness (QED) is 0.551. The molecule has 1 aromatic carbocycles. The van der Waals surface area contributed by atoms with Gasteiger partial charge in [0.25, 0.3) is 6.23 Å². The van der Waals surface area contributed by atoms with Crippen LogP contribution in [0.2, 0.25) is 0 Å². The van der Waals surface area contributed by atoms with Gasteiger partial charge in [0.05, 0.1) is 12.3 Å². The van der Waals surface area contributed by atoms with Crippen molar-refractivity contribution in [1.82, 2.24) is 15.6 Å². The molecule has 1 aromatic heterocycles. The Bertz CT molecular complexity index is 835. The van der Waals surface area contributed by atoms with Crippen LogP contribution in [0, 0.1) is 12.8 Å². The van der Waals surface area contributed by atoms with Crippen molar-refractivity contribution >= 4 is 11.9 Å². The minimum absolute atomic E-state index is 0.134. The number of aryl methyl sites for hydroxylation is 1. The SMILES string of the molecule is CCOC(=O)C(NC(=O)C1CCNCC1)Oc1ccc(-c2ccccn2)c(C)c1. The van der Waals surface area contributed by atoms with Crippen molar-refractivity contribution in [3.05, 3.63) is 48.2 Å². The summed E-state index contributed by atoms with van der Waals surface area (Å²) in [5.74, 6) is -0.455. The van der Waals surface area contributed by atoms with Gasteiger partial charge < -0.3 is 20.1 Å². The summed E-state index contributed by atoms with van der Waals surface area (Å²) in [7, 11) is 0. The maximum atomic E-state index is 12.6. The number of amides is 1. The second kappa shape index (κ2) is 10.0. The Morgan fingerprint density at radius 1 is 1.24 bits per heavy atom. The highest BCUT2D eigenvalue weighted by Gasteiger charge is 2.29. The first-order valence-electron chi connectivity index (χ1n) is 9.95. The molecule has 7 heteroatoms. The van der Waals surface area contributed by atoms with Gasteiger partial charge in [0.1, 0.15) is 5.75 Å². The molecule has 3 rings (SSSR count). The second-order valence-corrected chi connectivity index (χ2v) is 6.97. The first kappa shape index (κ1) is 20.8. The highest BCUT2D eigenvalue weighted by molar-refractivity contribution is 5.85. The molecule has 1 atom stereocenters. The summed E-state index contributed by atoms with van der Waals surface area (Å²) < 4.78 is 10.9. The van der Waals surface area contributed by atoms with E-state index in [0.717, 1.165) is 42.8 Å². The number of hydrogen-bond donors (Lipinski definition) is 2. The van der Waals surface area contributed by atoms with Crippen LogP contribution >= 0.6 is 0 Å². The van der Waals surface area contributed by atoms with Gasteiger partial charge in [0, 0.05) is 17.7 Å². The van der Waals surface area contributed by atoms with E-state index in [9.17, 15) is 9.59 Å². The van der Waals surface area contributed by atoms with E-state index in [-0.39, 0.29) is 18.4 Å². The molecule has 1 unspecified atom stereocenters. The maximum absolute atomic E-state index is 12.6. The fourth-order valence-electron chi connectivity index (χ4n) is 3.34. The molecular formula is C22H27N3O4. The lowest BCUT2D eigenvalue weighted by atomic mass is 9.97. The molecule has 0 saturated carbocycles. The van der Waals surface area contributed by atoms with Crippen molar-refractivity contribution in [2.45, 2.75) is 32.9 Å². The molecule has 154 valence electrons. The van der Waals surface area contributed by atoms with Crippen LogP contribution in [-0.2, 0) is 14.3 Å². The third-order valence-corrected chi connectivity index (χ3v) is 4.88. The van der Waals surface area contributed by atoms with Crippen LogP contribution in [-0.4, -0.2) is 42.8 Å². The highest BCUT2D eigenvalue weighted by Crippen LogP contribution is 2.26.